The van der Waals surface area contributed by atoms with Crippen LogP contribution in [-0.2, 0) is 9.53 Å². The van der Waals surface area contributed by atoms with Gasteiger partial charge in [-0.2, -0.15) is 0 Å². The number of carbonyl (C=O) groups is 2. The molecular weight excluding hydrogens is 334 g/mol. The number of ketones is 1. The van der Waals surface area contributed by atoms with E-state index in [1.807, 2.05) is 0 Å². The molecule has 0 aliphatic heterocycles. The molecule has 1 rings (SSSR count). The lowest BCUT2D eigenvalue weighted by Crippen LogP contribution is -2.30. The summed E-state index contributed by atoms with van der Waals surface area (Å²) in [4.78, 5) is 23.5. The van der Waals surface area contributed by atoms with Gasteiger partial charge in [0.1, 0.15) is 28.7 Å². The third kappa shape index (κ3) is 4.31. The Labute approximate surface area is 133 Å². The molecule has 0 unspecified atom stereocenters. The molecule has 0 aliphatic carbocycles. The van der Waals surface area contributed by atoms with Crippen LogP contribution in [0.5, 0.6) is 0 Å². The molecule has 0 amide bonds. The van der Waals surface area contributed by atoms with Crippen LogP contribution < -0.4 is 11.1 Å². The van der Waals surface area contributed by atoms with Crippen LogP contribution in [0.2, 0.25) is 0 Å². The third-order valence-electron chi connectivity index (χ3n) is 2.81. The van der Waals surface area contributed by atoms with Gasteiger partial charge in [-0.05, 0) is 12.1 Å². The van der Waals surface area contributed by atoms with Crippen LogP contribution in [0, 0.1) is 17.0 Å². The van der Waals surface area contributed by atoms with Gasteiger partial charge in [0.2, 0.25) is 5.78 Å². The number of benzene rings is 1. The van der Waals surface area contributed by atoms with Gasteiger partial charge in [0.05, 0.1) is 5.56 Å². The fourth-order valence-corrected chi connectivity index (χ4v) is 1.64. The maximum absolute atomic E-state index is 13.4. The summed E-state index contributed by atoms with van der Waals surface area (Å²) in [6.07, 6.45) is -3.32. The van der Waals surface area contributed by atoms with Crippen LogP contribution in [0.15, 0.2) is 29.6 Å². The summed E-state index contributed by atoms with van der Waals surface area (Å²) in [5.41, 5.74) is 1.98. The molecule has 1 aromatic rings. The summed E-state index contributed by atoms with van der Waals surface area (Å²) in [6.45, 7) is -1.12. The number of Topliss-reactive ketones (excluding diaryl/α,β-unsaturated/α-hetero) is 1. The van der Waals surface area contributed by atoms with Crippen molar-refractivity contribution < 1.29 is 31.9 Å². The summed E-state index contributed by atoms with van der Waals surface area (Å²) < 4.78 is 56.5. The fraction of sp³-hybridized carbons (Fsp3) is 0.214. The first-order valence-electron chi connectivity index (χ1n) is 6.39. The van der Waals surface area contributed by atoms with E-state index in [-0.39, 0.29) is 0 Å². The molecule has 0 aromatic heterocycles. The molecule has 10 heteroatoms. The van der Waals surface area contributed by atoms with Crippen molar-refractivity contribution >= 4 is 17.5 Å². The average Bonchev–Trinajstić information content (AvgIpc) is 2.52. The second kappa shape index (κ2) is 8.09. The quantitative estimate of drug-likeness (QED) is 0.227. The first-order chi connectivity index (χ1) is 11.2. The molecule has 0 spiro atoms. The summed E-state index contributed by atoms with van der Waals surface area (Å²) >= 11 is 0. The molecule has 4 N–H and O–H groups in total. The zero-order valence-corrected chi connectivity index (χ0v) is 12.3. The second-order valence-electron chi connectivity index (χ2n) is 4.35. The molecular formula is C14H13F4N3O3. The zero-order chi connectivity index (χ0) is 18.4. The van der Waals surface area contributed by atoms with Crippen molar-refractivity contribution in [2.75, 3.05) is 13.7 Å². The highest BCUT2D eigenvalue weighted by atomic mass is 19.3. The highest BCUT2D eigenvalue weighted by Gasteiger charge is 2.28. The lowest BCUT2D eigenvalue weighted by atomic mass is 10.1. The van der Waals surface area contributed by atoms with Crippen molar-refractivity contribution in [2.24, 2.45) is 5.73 Å². The van der Waals surface area contributed by atoms with Gasteiger partial charge < -0.3 is 15.8 Å². The van der Waals surface area contributed by atoms with Gasteiger partial charge in [0.25, 0.3) is 6.43 Å². The molecule has 0 saturated carbocycles. The lowest BCUT2D eigenvalue weighted by molar-refractivity contribution is -0.137. The Bertz CT molecular complexity index is 684. The van der Waals surface area contributed by atoms with Crippen molar-refractivity contribution in [2.45, 2.75) is 6.43 Å². The number of alkyl halides is 2. The van der Waals surface area contributed by atoms with E-state index >= 15 is 0 Å². The number of nitrogens with one attached hydrogen (secondary N) is 2. The molecule has 0 radical (unpaired) electrons. The molecule has 0 atom stereocenters. The molecule has 24 heavy (non-hydrogen) atoms. The Kier molecular flexibility index (Phi) is 6.45. The molecule has 1 aromatic carbocycles. The van der Waals surface area contributed by atoms with E-state index in [9.17, 15) is 27.2 Å². The molecule has 0 fully saturated rings. The number of nitrogens with two attached hydrogens (primary N) is 1. The standard InChI is InChI=1S/C14H13F4N3O3/c1-21-13(20)10(11(19)12(17)18)14(23)24-5-8(22)9-6(15)3-2-4-7(9)16/h2-4,12,19,21H,5,20H2,1H3/b13-10+,19-11?. The molecule has 0 bridgehead atoms. The van der Waals surface area contributed by atoms with E-state index < -0.39 is 59.1 Å². The predicted octanol–water partition coefficient (Wildman–Crippen LogP) is 1.37. The van der Waals surface area contributed by atoms with Crippen LogP contribution >= 0.6 is 0 Å². The fourth-order valence-electron chi connectivity index (χ4n) is 1.64. The van der Waals surface area contributed by atoms with Crippen LogP contribution in [0.25, 0.3) is 0 Å². The number of halogens is 4. The highest BCUT2D eigenvalue weighted by Crippen LogP contribution is 2.14. The first-order valence-corrected chi connectivity index (χ1v) is 6.39. The third-order valence-corrected chi connectivity index (χ3v) is 2.81. The van der Waals surface area contributed by atoms with Gasteiger partial charge in [-0.3, -0.25) is 10.2 Å². The van der Waals surface area contributed by atoms with Crippen LogP contribution in [0.3, 0.4) is 0 Å². The van der Waals surface area contributed by atoms with Gasteiger partial charge in [0.15, 0.2) is 6.61 Å². The van der Waals surface area contributed by atoms with E-state index in [2.05, 4.69) is 10.1 Å². The van der Waals surface area contributed by atoms with Crippen LogP contribution in [0.4, 0.5) is 17.6 Å². The summed E-state index contributed by atoms with van der Waals surface area (Å²) in [5, 5.41) is 9.35. The van der Waals surface area contributed by atoms with Gasteiger partial charge in [-0.25, -0.2) is 22.4 Å². The van der Waals surface area contributed by atoms with Gasteiger partial charge >= 0.3 is 5.97 Å². The Morgan fingerprint density at radius 2 is 1.83 bits per heavy atom. The zero-order valence-electron chi connectivity index (χ0n) is 12.3. The van der Waals surface area contributed by atoms with E-state index in [4.69, 9.17) is 11.1 Å². The van der Waals surface area contributed by atoms with E-state index in [1.54, 1.807) is 0 Å². The summed E-state index contributed by atoms with van der Waals surface area (Å²) in [6, 6.07) is 2.69. The number of carbonyl (C=O) groups excluding carboxylic acids is 2. The van der Waals surface area contributed by atoms with E-state index in [0.29, 0.717) is 0 Å². The maximum Gasteiger partial charge on any atom is 0.344 e. The molecule has 6 nitrogen and oxygen atoms in total. The number of hydrogen-bond acceptors (Lipinski definition) is 6. The minimum atomic E-state index is -3.32. The predicted molar refractivity (Wildman–Crippen MR) is 75.7 cm³/mol. The SMILES string of the molecule is CN/C(N)=C(\C(=N)C(F)F)C(=O)OCC(=O)c1c(F)cccc1F. The van der Waals surface area contributed by atoms with Gasteiger partial charge in [-0.15, -0.1) is 0 Å². The average molecular weight is 347 g/mol. The van der Waals surface area contributed by atoms with E-state index in [0.717, 1.165) is 18.2 Å². The van der Waals surface area contributed by atoms with Crippen molar-refractivity contribution in [3.63, 3.8) is 0 Å². The first kappa shape index (κ1) is 19.1. The smallest absolute Gasteiger partial charge is 0.344 e. The largest absolute Gasteiger partial charge is 0.454 e. The number of ether oxygens (including phenoxy) is 1. The lowest BCUT2D eigenvalue weighted by Gasteiger charge is -2.12. The normalized spacial score (nSPS) is 11.8. The molecule has 0 saturated heterocycles. The summed E-state index contributed by atoms with van der Waals surface area (Å²) in [7, 11) is 1.21. The Balaban J connectivity index is 2.94. The maximum atomic E-state index is 13.4. The minimum absolute atomic E-state index is 0.574. The van der Waals surface area contributed by atoms with Crippen LogP contribution in [0.1, 0.15) is 10.4 Å². The van der Waals surface area contributed by atoms with Crippen LogP contribution in [-0.4, -0.2) is 37.5 Å². The second-order valence-corrected chi connectivity index (χ2v) is 4.35. The molecule has 130 valence electrons. The molecule has 0 heterocycles. The monoisotopic (exact) mass is 347 g/mol. The van der Waals surface area contributed by atoms with Crippen molar-refractivity contribution in [3.05, 3.63) is 46.8 Å². The Hall–Kier alpha value is -2.91. The summed E-state index contributed by atoms with van der Waals surface area (Å²) in [5.74, 6) is -5.62. The molecule has 0 aliphatic rings. The minimum Gasteiger partial charge on any atom is -0.454 e. The van der Waals surface area contributed by atoms with E-state index in [1.165, 1.54) is 7.05 Å². The number of hydrogen-bond donors (Lipinski definition) is 3. The van der Waals surface area contributed by atoms with Gasteiger partial charge in [0, 0.05) is 7.05 Å². The van der Waals surface area contributed by atoms with Crippen molar-refractivity contribution in [3.8, 4) is 0 Å². The topological polar surface area (TPSA) is 105 Å². The highest BCUT2D eigenvalue weighted by molar-refractivity contribution is 6.20. The van der Waals surface area contributed by atoms with Crippen molar-refractivity contribution in [1.82, 2.24) is 5.32 Å². The van der Waals surface area contributed by atoms with Gasteiger partial charge in [-0.1, -0.05) is 6.07 Å². The Morgan fingerprint density at radius 3 is 2.29 bits per heavy atom. The Morgan fingerprint density at radius 1 is 1.29 bits per heavy atom. The number of rotatable bonds is 7. The van der Waals surface area contributed by atoms with Crippen molar-refractivity contribution in [1.29, 1.82) is 5.41 Å². The number of esters is 1.